The van der Waals surface area contributed by atoms with Gasteiger partial charge in [0, 0.05) is 26.2 Å². The second-order valence-corrected chi connectivity index (χ2v) is 3.82. The molecule has 2 heterocycles. The first kappa shape index (κ1) is 10.3. The number of likely N-dealkylation sites (N-methyl/N-ethyl adjacent to an activating group) is 1. The molecule has 1 aliphatic heterocycles. The molecule has 0 aliphatic carbocycles. The quantitative estimate of drug-likeness (QED) is 0.724. The maximum absolute atomic E-state index is 8.97. The van der Waals surface area contributed by atoms with Crippen molar-refractivity contribution in [3.8, 4) is 0 Å². The molecule has 0 saturated carbocycles. The highest BCUT2D eigenvalue weighted by atomic mass is 16.3. The molecule has 1 saturated heterocycles. The molecule has 0 amide bonds. The van der Waals surface area contributed by atoms with Crippen LogP contribution < -0.4 is 4.90 Å². The minimum atomic E-state index is -0.0470. The molecule has 0 spiro atoms. The molecule has 82 valence electrons. The zero-order valence-corrected chi connectivity index (χ0v) is 8.93. The van der Waals surface area contributed by atoms with Crippen LogP contribution in [0.4, 0.5) is 5.82 Å². The lowest BCUT2D eigenvalue weighted by Crippen LogP contribution is -2.44. The van der Waals surface area contributed by atoms with Crippen LogP contribution in [-0.4, -0.2) is 53.2 Å². The Morgan fingerprint density at radius 1 is 1.27 bits per heavy atom. The van der Waals surface area contributed by atoms with Crippen molar-refractivity contribution in [2.45, 2.75) is 6.61 Å². The van der Waals surface area contributed by atoms with E-state index in [9.17, 15) is 0 Å². The number of aliphatic hydroxyl groups excluding tert-OH is 1. The predicted molar refractivity (Wildman–Crippen MR) is 57.7 cm³/mol. The summed E-state index contributed by atoms with van der Waals surface area (Å²) in [5.41, 5.74) is 0.631. The molecule has 1 fully saturated rings. The molecule has 0 atom stereocenters. The Hall–Kier alpha value is -1.20. The molecule has 15 heavy (non-hydrogen) atoms. The summed E-state index contributed by atoms with van der Waals surface area (Å²) in [7, 11) is 2.12. The van der Waals surface area contributed by atoms with Gasteiger partial charge in [0.2, 0.25) is 0 Å². The third kappa shape index (κ3) is 2.43. The maximum Gasteiger partial charge on any atom is 0.147 e. The Kier molecular flexibility index (Phi) is 3.13. The lowest BCUT2D eigenvalue weighted by atomic mass is 10.3. The van der Waals surface area contributed by atoms with Crippen LogP contribution in [0.15, 0.2) is 12.4 Å². The summed E-state index contributed by atoms with van der Waals surface area (Å²) in [6, 6.07) is 0. The zero-order chi connectivity index (χ0) is 10.7. The molecule has 1 aliphatic rings. The highest BCUT2D eigenvalue weighted by Crippen LogP contribution is 2.11. The summed E-state index contributed by atoms with van der Waals surface area (Å²) in [5.74, 6) is 0.870. The molecule has 0 bridgehead atoms. The highest BCUT2D eigenvalue weighted by Gasteiger charge is 2.15. The van der Waals surface area contributed by atoms with Gasteiger partial charge in [-0.3, -0.25) is 4.98 Å². The standard InChI is InChI=1S/C10H16N4O/c1-13-2-4-14(5-3-13)10-7-11-6-9(8-15)12-10/h6-7,15H,2-5,8H2,1H3. The van der Waals surface area contributed by atoms with Crippen molar-refractivity contribution in [3.05, 3.63) is 18.1 Å². The number of nitrogens with zero attached hydrogens (tertiary/aromatic N) is 4. The molecule has 5 nitrogen and oxygen atoms in total. The average Bonchev–Trinajstić information content (AvgIpc) is 2.30. The monoisotopic (exact) mass is 208 g/mol. The van der Waals surface area contributed by atoms with Gasteiger partial charge in [0.15, 0.2) is 0 Å². The van der Waals surface area contributed by atoms with Crippen molar-refractivity contribution in [2.75, 3.05) is 38.1 Å². The molecule has 0 radical (unpaired) electrons. The van der Waals surface area contributed by atoms with Gasteiger partial charge in [-0.15, -0.1) is 0 Å². The number of aliphatic hydroxyl groups is 1. The van der Waals surface area contributed by atoms with E-state index in [1.165, 1.54) is 0 Å². The van der Waals surface area contributed by atoms with E-state index >= 15 is 0 Å². The number of piperazine rings is 1. The minimum absolute atomic E-state index is 0.0470. The Morgan fingerprint density at radius 2 is 2.00 bits per heavy atom. The summed E-state index contributed by atoms with van der Waals surface area (Å²) in [6.07, 6.45) is 3.35. The molecule has 2 rings (SSSR count). The van der Waals surface area contributed by atoms with Gasteiger partial charge in [0.25, 0.3) is 0 Å². The average molecular weight is 208 g/mol. The Balaban J connectivity index is 2.08. The van der Waals surface area contributed by atoms with Gasteiger partial charge in [-0.2, -0.15) is 0 Å². The summed E-state index contributed by atoms with van der Waals surface area (Å²) in [4.78, 5) is 12.9. The van der Waals surface area contributed by atoms with E-state index in [4.69, 9.17) is 5.11 Å². The van der Waals surface area contributed by atoms with Crippen molar-refractivity contribution in [1.29, 1.82) is 0 Å². The zero-order valence-electron chi connectivity index (χ0n) is 8.93. The number of hydrogen-bond donors (Lipinski definition) is 1. The van der Waals surface area contributed by atoms with E-state index in [1.807, 2.05) is 0 Å². The van der Waals surface area contributed by atoms with Gasteiger partial charge in [-0.05, 0) is 7.05 Å². The van der Waals surface area contributed by atoms with Crippen molar-refractivity contribution in [1.82, 2.24) is 14.9 Å². The lowest BCUT2D eigenvalue weighted by molar-refractivity contribution is 0.276. The third-order valence-corrected chi connectivity index (χ3v) is 2.66. The molecule has 1 N–H and O–H groups in total. The predicted octanol–water partition coefficient (Wildman–Crippen LogP) is -0.279. The van der Waals surface area contributed by atoms with E-state index in [1.54, 1.807) is 12.4 Å². The summed E-state index contributed by atoms with van der Waals surface area (Å²) < 4.78 is 0. The Labute approximate surface area is 89.4 Å². The Morgan fingerprint density at radius 3 is 2.67 bits per heavy atom. The van der Waals surface area contributed by atoms with Crippen molar-refractivity contribution in [2.24, 2.45) is 0 Å². The van der Waals surface area contributed by atoms with Gasteiger partial charge in [-0.25, -0.2) is 4.98 Å². The van der Waals surface area contributed by atoms with E-state index in [0.717, 1.165) is 32.0 Å². The van der Waals surface area contributed by atoms with Crippen molar-refractivity contribution < 1.29 is 5.11 Å². The van der Waals surface area contributed by atoms with Crippen LogP contribution in [0, 0.1) is 0 Å². The van der Waals surface area contributed by atoms with E-state index in [2.05, 4.69) is 26.8 Å². The van der Waals surface area contributed by atoms with Gasteiger partial charge in [0.1, 0.15) is 5.82 Å². The third-order valence-electron chi connectivity index (χ3n) is 2.66. The molecule has 1 aromatic rings. The fraction of sp³-hybridized carbons (Fsp3) is 0.600. The van der Waals surface area contributed by atoms with Crippen LogP contribution in [0.2, 0.25) is 0 Å². The number of rotatable bonds is 2. The SMILES string of the molecule is CN1CCN(c2cncc(CO)n2)CC1. The first-order valence-corrected chi connectivity index (χ1v) is 5.15. The van der Waals surface area contributed by atoms with Crippen LogP contribution >= 0.6 is 0 Å². The largest absolute Gasteiger partial charge is 0.390 e. The topological polar surface area (TPSA) is 52.5 Å². The van der Waals surface area contributed by atoms with Crippen LogP contribution in [0.25, 0.3) is 0 Å². The second kappa shape index (κ2) is 4.55. The van der Waals surface area contributed by atoms with E-state index < -0.39 is 0 Å². The van der Waals surface area contributed by atoms with Crippen molar-refractivity contribution >= 4 is 5.82 Å². The first-order chi connectivity index (χ1) is 7.29. The van der Waals surface area contributed by atoms with E-state index in [-0.39, 0.29) is 6.61 Å². The summed E-state index contributed by atoms with van der Waals surface area (Å²) >= 11 is 0. The normalized spacial score (nSPS) is 18.1. The number of anilines is 1. The number of aromatic nitrogens is 2. The molecule has 5 heteroatoms. The first-order valence-electron chi connectivity index (χ1n) is 5.15. The van der Waals surface area contributed by atoms with Gasteiger partial charge < -0.3 is 14.9 Å². The van der Waals surface area contributed by atoms with Gasteiger partial charge in [0.05, 0.1) is 24.7 Å². The molecule has 1 aromatic heterocycles. The highest BCUT2D eigenvalue weighted by molar-refractivity contribution is 5.36. The molecular formula is C10H16N4O. The van der Waals surface area contributed by atoms with E-state index in [0.29, 0.717) is 5.69 Å². The fourth-order valence-corrected chi connectivity index (χ4v) is 1.66. The van der Waals surface area contributed by atoms with Crippen LogP contribution in [0.5, 0.6) is 0 Å². The molecular weight excluding hydrogens is 192 g/mol. The van der Waals surface area contributed by atoms with Crippen LogP contribution in [0.1, 0.15) is 5.69 Å². The van der Waals surface area contributed by atoms with Gasteiger partial charge >= 0.3 is 0 Å². The van der Waals surface area contributed by atoms with Gasteiger partial charge in [-0.1, -0.05) is 0 Å². The van der Waals surface area contributed by atoms with Crippen molar-refractivity contribution in [3.63, 3.8) is 0 Å². The minimum Gasteiger partial charge on any atom is -0.390 e. The lowest BCUT2D eigenvalue weighted by Gasteiger charge is -2.33. The number of hydrogen-bond acceptors (Lipinski definition) is 5. The second-order valence-electron chi connectivity index (χ2n) is 3.82. The van der Waals surface area contributed by atoms with Crippen LogP contribution in [-0.2, 0) is 6.61 Å². The maximum atomic E-state index is 8.97. The summed E-state index contributed by atoms with van der Waals surface area (Å²) in [5, 5.41) is 8.97. The molecule has 0 aromatic carbocycles. The fourth-order valence-electron chi connectivity index (χ4n) is 1.66. The smallest absolute Gasteiger partial charge is 0.147 e. The Bertz CT molecular complexity index is 323. The summed E-state index contributed by atoms with van der Waals surface area (Å²) in [6.45, 7) is 3.99. The molecule has 0 unspecified atom stereocenters. The van der Waals surface area contributed by atoms with Crippen LogP contribution in [0.3, 0.4) is 0 Å².